The molecule has 0 unspecified atom stereocenters. The Kier molecular flexibility index (Phi) is 4.93. The van der Waals surface area contributed by atoms with Crippen LogP contribution in [0.25, 0.3) is 0 Å². The van der Waals surface area contributed by atoms with Crippen LogP contribution in [0.5, 0.6) is 0 Å². The molecule has 1 fully saturated rings. The number of likely N-dealkylation sites (N-methyl/N-ethyl adjacent to an activating group) is 2. The van der Waals surface area contributed by atoms with Crippen LogP contribution in [0.4, 0.5) is 0 Å². The highest BCUT2D eigenvalue weighted by Gasteiger charge is 2.32. The summed E-state index contributed by atoms with van der Waals surface area (Å²) in [5.41, 5.74) is 0.170. The summed E-state index contributed by atoms with van der Waals surface area (Å²) in [4.78, 5) is 6.66. The van der Waals surface area contributed by atoms with E-state index < -0.39 is 0 Å². The average Bonchev–Trinajstić information content (AvgIpc) is 2.85. The Balaban J connectivity index is 1.94. The van der Waals surface area contributed by atoms with Gasteiger partial charge < -0.3 is 14.7 Å². The molecule has 1 N–H and O–H groups in total. The zero-order valence-electron chi connectivity index (χ0n) is 12.4. The fraction of sp³-hybridized carbons (Fsp3) is 0.857. The van der Waals surface area contributed by atoms with Gasteiger partial charge in [-0.15, -0.1) is 0 Å². The molecule has 5 heteroatoms. The number of hydrogen-bond donors (Lipinski definition) is 1. The molecular formula is C14H26N4O. The molecule has 108 valence electrons. The van der Waals surface area contributed by atoms with Gasteiger partial charge in [0, 0.05) is 24.9 Å². The number of nitrogens with zero attached hydrogens (tertiary/aromatic N) is 3. The van der Waals surface area contributed by atoms with Crippen molar-refractivity contribution in [3.05, 3.63) is 11.7 Å². The van der Waals surface area contributed by atoms with Gasteiger partial charge in [0.1, 0.15) is 0 Å². The van der Waals surface area contributed by atoms with Gasteiger partial charge in [0.15, 0.2) is 5.82 Å². The van der Waals surface area contributed by atoms with Crippen LogP contribution in [-0.2, 0) is 12.8 Å². The summed E-state index contributed by atoms with van der Waals surface area (Å²) >= 11 is 0. The quantitative estimate of drug-likeness (QED) is 0.848. The molecule has 0 atom stereocenters. The van der Waals surface area contributed by atoms with E-state index in [1.807, 2.05) is 0 Å². The molecule has 0 saturated heterocycles. The van der Waals surface area contributed by atoms with Crippen LogP contribution in [-0.4, -0.2) is 48.3 Å². The molecule has 5 nitrogen and oxygen atoms in total. The van der Waals surface area contributed by atoms with Gasteiger partial charge in [-0.2, -0.15) is 4.98 Å². The van der Waals surface area contributed by atoms with Gasteiger partial charge in [0.05, 0.1) is 0 Å². The Labute approximate surface area is 115 Å². The number of hydrogen-bond acceptors (Lipinski definition) is 5. The van der Waals surface area contributed by atoms with Gasteiger partial charge in [0.25, 0.3) is 0 Å². The highest BCUT2D eigenvalue weighted by Crippen LogP contribution is 2.30. The highest BCUT2D eigenvalue weighted by atomic mass is 16.5. The Bertz CT molecular complexity index is 383. The SMILES string of the molecule is CNC1(Cc2nc(CCN(C)C)no2)CCCCC1. The monoisotopic (exact) mass is 266 g/mol. The summed E-state index contributed by atoms with van der Waals surface area (Å²) in [6.07, 6.45) is 8.06. The molecule has 0 spiro atoms. The molecule has 0 radical (unpaired) electrons. The van der Waals surface area contributed by atoms with Crippen molar-refractivity contribution in [3.63, 3.8) is 0 Å². The van der Waals surface area contributed by atoms with Crippen molar-refractivity contribution < 1.29 is 4.52 Å². The van der Waals surface area contributed by atoms with Crippen molar-refractivity contribution in [2.75, 3.05) is 27.7 Å². The minimum absolute atomic E-state index is 0.170. The lowest BCUT2D eigenvalue weighted by atomic mass is 9.79. The van der Waals surface area contributed by atoms with Gasteiger partial charge in [0.2, 0.25) is 5.89 Å². The molecule has 1 saturated carbocycles. The van der Waals surface area contributed by atoms with Crippen molar-refractivity contribution in [1.82, 2.24) is 20.4 Å². The Hall–Kier alpha value is -0.940. The molecule has 0 aliphatic heterocycles. The molecule has 0 bridgehead atoms. The minimum atomic E-state index is 0.170. The third-order valence-electron chi connectivity index (χ3n) is 4.12. The smallest absolute Gasteiger partial charge is 0.228 e. The summed E-state index contributed by atoms with van der Waals surface area (Å²) < 4.78 is 5.41. The molecule has 0 amide bonds. The number of nitrogens with one attached hydrogen (secondary N) is 1. The second kappa shape index (κ2) is 6.48. The molecule has 0 aromatic carbocycles. The van der Waals surface area contributed by atoms with Crippen LogP contribution in [0.3, 0.4) is 0 Å². The molecule has 1 heterocycles. The molecule has 1 aliphatic rings. The summed E-state index contributed by atoms with van der Waals surface area (Å²) in [5, 5.41) is 7.57. The third-order valence-corrected chi connectivity index (χ3v) is 4.12. The van der Waals surface area contributed by atoms with Crippen molar-refractivity contribution >= 4 is 0 Å². The van der Waals surface area contributed by atoms with Crippen LogP contribution < -0.4 is 5.32 Å². The largest absolute Gasteiger partial charge is 0.339 e. The van der Waals surface area contributed by atoms with E-state index in [1.54, 1.807) is 0 Å². The van der Waals surface area contributed by atoms with Gasteiger partial charge in [-0.05, 0) is 34.0 Å². The molecule has 1 aromatic rings. The van der Waals surface area contributed by atoms with Crippen LogP contribution in [0.15, 0.2) is 4.52 Å². The summed E-state index contributed by atoms with van der Waals surface area (Å²) in [6, 6.07) is 0. The normalized spacial score (nSPS) is 18.9. The number of rotatable bonds is 6. The first kappa shape index (κ1) is 14.5. The van der Waals surface area contributed by atoms with E-state index in [2.05, 4.69) is 41.5 Å². The van der Waals surface area contributed by atoms with Gasteiger partial charge in [-0.3, -0.25) is 0 Å². The van der Waals surface area contributed by atoms with Crippen LogP contribution in [0, 0.1) is 0 Å². The fourth-order valence-electron chi connectivity index (χ4n) is 2.82. The Morgan fingerprint density at radius 3 is 2.63 bits per heavy atom. The van der Waals surface area contributed by atoms with Gasteiger partial charge in [-0.25, -0.2) is 0 Å². The van der Waals surface area contributed by atoms with E-state index in [4.69, 9.17) is 4.52 Å². The second-order valence-electron chi connectivity index (χ2n) is 5.93. The van der Waals surface area contributed by atoms with Crippen LogP contribution >= 0.6 is 0 Å². The standard InChI is InChI=1S/C14H26N4O/c1-15-14(8-5-4-6-9-14)11-13-16-12(17-19-13)7-10-18(2)3/h15H,4-11H2,1-3H3. The fourth-order valence-corrected chi connectivity index (χ4v) is 2.82. The lowest BCUT2D eigenvalue weighted by molar-refractivity contribution is 0.221. The molecule has 1 aromatic heterocycles. The lowest BCUT2D eigenvalue weighted by Gasteiger charge is -2.36. The van der Waals surface area contributed by atoms with Crippen LogP contribution in [0.2, 0.25) is 0 Å². The maximum absolute atomic E-state index is 5.41. The van der Waals surface area contributed by atoms with E-state index in [0.717, 1.165) is 31.1 Å². The van der Waals surface area contributed by atoms with Crippen molar-refractivity contribution in [2.24, 2.45) is 0 Å². The van der Waals surface area contributed by atoms with E-state index >= 15 is 0 Å². The first-order valence-corrected chi connectivity index (χ1v) is 7.29. The van der Waals surface area contributed by atoms with Crippen molar-refractivity contribution in [2.45, 2.75) is 50.5 Å². The topological polar surface area (TPSA) is 54.2 Å². The molecule has 19 heavy (non-hydrogen) atoms. The predicted octanol–water partition coefficient (Wildman–Crippen LogP) is 1.64. The van der Waals surface area contributed by atoms with Crippen molar-refractivity contribution in [3.8, 4) is 0 Å². The van der Waals surface area contributed by atoms with Gasteiger partial charge in [-0.1, -0.05) is 24.4 Å². The average molecular weight is 266 g/mol. The van der Waals surface area contributed by atoms with Crippen molar-refractivity contribution in [1.29, 1.82) is 0 Å². The summed E-state index contributed by atoms with van der Waals surface area (Å²) in [7, 11) is 6.16. The van der Waals surface area contributed by atoms with E-state index in [0.29, 0.717) is 0 Å². The summed E-state index contributed by atoms with van der Waals surface area (Å²) in [5.74, 6) is 1.61. The predicted molar refractivity (Wildman–Crippen MR) is 75.1 cm³/mol. The van der Waals surface area contributed by atoms with Gasteiger partial charge >= 0.3 is 0 Å². The first-order valence-electron chi connectivity index (χ1n) is 7.29. The molecule has 2 rings (SSSR count). The first-order chi connectivity index (χ1) is 9.13. The maximum atomic E-state index is 5.41. The highest BCUT2D eigenvalue weighted by molar-refractivity contribution is 4.99. The second-order valence-corrected chi connectivity index (χ2v) is 5.93. The maximum Gasteiger partial charge on any atom is 0.228 e. The third kappa shape index (κ3) is 4.01. The van der Waals surface area contributed by atoms with E-state index in [9.17, 15) is 0 Å². The minimum Gasteiger partial charge on any atom is -0.339 e. The molecule has 1 aliphatic carbocycles. The molecular weight excluding hydrogens is 240 g/mol. The summed E-state index contributed by atoms with van der Waals surface area (Å²) in [6.45, 7) is 0.955. The van der Waals surface area contributed by atoms with Crippen LogP contribution in [0.1, 0.15) is 43.8 Å². The lowest BCUT2D eigenvalue weighted by Crippen LogP contribution is -2.46. The zero-order valence-corrected chi connectivity index (χ0v) is 12.4. The Morgan fingerprint density at radius 1 is 1.26 bits per heavy atom. The van der Waals surface area contributed by atoms with E-state index in [1.165, 1.54) is 32.1 Å². The van der Waals surface area contributed by atoms with E-state index in [-0.39, 0.29) is 5.54 Å². The zero-order chi connectivity index (χ0) is 13.7. The Morgan fingerprint density at radius 2 is 2.00 bits per heavy atom. The number of aromatic nitrogens is 2.